The molecule has 2 aromatic heterocycles. The third-order valence-corrected chi connectivity index (χ3v) is 3.08. The number of hydrogen-bond donors (Lipinski definition) is 5. The van der Waals surface area contributed by atoms with Gasteiger partial charge in [-0.25, -0.2) is 9.97 Å². The van der Waals surface area contributed by atoms with Crippen molar-refractivity contribution in [1.82, 2.24) is 25.6 Å². The molecule has 0 saturated heterocycles. The summed E-state index contributed by atoms with van der Waals surface area (Å²) in [5.41, 5.74) is 13.1. The highest BCUT2D eigenvalue weighted by atomic mass is 16.1. The SMILES string of the molecule is NCCNCc1cccc(C(=O)NCCc2[nH]cnc2N)n1. The van der Waals surface area contributed by atoms with E-state index in [0.29, 0.717) is 44.1 Å². The van der Waals surface area contributed by atoms with Gasteiger partial charge < -0.3 is 27.1 Å². The Morgan fingerprint density at radius 3 is 2.91 bits per heavy atom. The monoisotopic (exact) mass is 303 g/mol. The van der Waals surface area contributed by atoms with Crippen LogP contribution in [0.25, 0.3) is 0 Å². The van der Waals surface area contributed by atoms with Gasteiger partial charge in [0.15, 0.2) is 0 Å². The van der Waals surface area contributed by atoms with Gasteiger partial charge in [-0.3, -0.25) is 4.79 Å². The van der Waals surface area contributed by atoms with Crippen molar-refractivity contribution in [3.8, 4) is 0 Å². The first-order valence-corrected chi connectivity index (χ1v) is 7.13. The topological polar surface area (TPSA) is 135 Å². The second-order valence-corrected chi connectivity index (χ2v) is 4.75. The van der Waals surface area contributed by atoms with E-state index >= 15 is 0 Å². The number of rotatable bonds is 8. The Balaban J connectivity index is 1.84. The third kappa shape index (κ3) is 4.54. The third-order valence-electron chi connectivity index (χ3n) is 3.08. The molecule has 2 heterocycles. The van der Waals surface area contributed by atoms with Crippen molar-refractivity contribution in [2.24, 2.45) is 5.73 Å². The predicted molar refractivity (Wildman–Crippen MR) is 84.0 cm³/mol. The largest absolute Gasteiger partial charge is 0.382 e. The summed E-state index contributed by atoms with van der Waals surface area (Å²) in [6.07, 6.45) is 2.13. The summed E-state index contributed by atoms with van der Waals surface area (Å²) >= 11 is 0. The Labute approximate surface area is 128 Å². The molecule has 22 heavy (non-hydrogen) atoms. The number of aromatic amines is 1. The molecule has 0 aromatic carbocycles. The van der Waals surface area contributed by atoms with Crippen LogP contribution >= 0.6 is 0 Å². The summed E-state index contributed by atoms with van der Waals surface area (Å²) < 4.78 is 0. The van der Waals surface area contributed by atoms with Crippen LogP contribution < -0.4 is 22.1 Å². The van der Waals surface area contributed by atoms with Gasteiger partial charge in [-0.05, 0) is 12.1 Å². The number of nitrogens with one attached hydrogen (secondary N) is 3. The van der Waals surface area contributed by atoms with E-state index < -0.39 is 0 Å². The van der Waals surface area contributed by atoms with Crippen molar-refractivity contribution < 1.29 is 4.79 Å². The molecule has 0 aliphatic rings. The fraction of sp³-hybridized carbons (Fsp3) is 0.357. The van der Waals surface area contributed by atoms with Gasteiger partial charge in [0, 0.05) is 32.6 Å². The molecule has 118 valence electrons. The van der Waals surface area contributed by atoms with E-state index in [1.54, 1.807) is 6.07 Å². The molecular weight excluding hydrogens is 282 g/mol. The van der Waals surface area contributed by atoms with E-state index in [9.17, 15) is 4.79 Å². The number of amides is 1. The molecule has 8 nitrogen and oxygen atoms in total. The number of nitrogens with zero attached hydrogens (tertiary/aromatic N) is 2. The maximum atomic E-state index is 12.1. The summed E-state index contributed by atoms with van der Waals surface area (Å²) in [6.45, 7) is 2.33. The number of imidazole rings is 1. The average molecular weight is 303 g/mol. The second-order valence-electron chi connectivity index (χ2n) is 4.75. The first-order valence-electron chi connectivity index (χ1n) is 7.13. The van der Waals surface area contributed by atoms with Gasteiger partial charge in [0.1, 0.15) is 11.5 Å². The van der Waals surface area contributed by atoms with E-state index in [1.807, 2.05) is 12.1 Å². The Kier molecular flexibility index (Phi) is 5.87. The lowest BCUT2D eigenvalue weighted by molar-refractivity contribution is 0.0949. The van der Waals surface area contributed by atoms with Gasteiger partial charge in [-0.1, -0.05) is 6.07 Å². The maximum absolute atomic E-state index is 12.1. The lowest BCUT2D eigenvalue weighted by Gasteiger charge is -2.07. The van der Waals surface area contributed by atoms with Crippen molar-refractivity contribution in [2.75, 3.05) is 25.4 Å². The van der Waals surface area contributed by atoms with E-state index in [-0.39, 0.29) is 5.91 Å². The van der Waals surface area contributed by atoms with Crippen molar-refractivity contribution in [3.05, 3.63) is 41.6 Å². The fourth-order valence-corrected chi connectivity index (χ4v) is 1.95. The molecule has 8 heteroatoms. The molecule has 0 aliphatic heterocycles. The number of H-pyrrole nitrogens is 1. The Bertz CT molecular complexity index is 611. The van der Waals surface area contributed by atoms with Crippen molar-refractivity contribution in [3.63, 3.8) is 0 Å². The molecule has 2 aromatic rings. The van der Waals surface area contributed by atoms with Crippen LogP contribution in [0.3, 0.4) is 0 Å². The average Bonchev–Trinajstić information content (AvgIpc) is 2.93. The summed E-state index contributed by atoms with van der Waals surface area (Å²) in [7, 11) is 0. The molecule has 0 fully saturated rings. The molecule has 7 N–H and O–H groups in total. The van der Waals surface area contributed by atoms with Crippen LogP contribution in [0.4, 0.5) is 5.82 Å². The zero-order chi connectivity index (χ0) is 15.8. The van der Waals surface area contributed by atoms with E-state index in [0.717, 1.165) is 11.4 Å². The molecule has 0 atom stereocenters. The lowest BCUT2D eigenvalue weighted by atomic mass is 10.2. The van der Waals surface area contributed by atoms with Gasteiger partial charge in [0.05, 0.1) is 17.7 Å². The maximum Gasteiger partial charge on any atom is 0.269 e. The number of carbonyl (C=O) groups is 1. The molecule has 0 saturated carbocycles. The smallest absolute Gasteiger partial charge is 0.269 e. The highest BCUT2D eigenvalue weighted by Gasteiger charge is 2.08. The van der Waals surface area contributed by atoms with Crippen LogP contribution in [0.5, 0.6) is 0 Å². The minimum atomic E-state index is -0.209. The first kappa shape index (κ1) is 15.9. The first-order chi connectivity index (χ1) is 10.7. The van der Waals surface area contributed by atoms with Crippen LogP contribution in [-0.2, 0) is 13.0 Å². The number of anilines is 1. The lowest BCUT2D eigenvalue weighted by Crippen LogP contribution is -2.27. The molecule has 0 radical (unpaired) electrons. The molecule has 1 amide bonds. The predicted octanol–water partition coefficient (Wildman–Crippen LogP) is -0.592. The van der Waals surface area contributed by atoms with Crippen LogP contribution in [0.2, 0.25) is 0 Å². The van der Waals surface area contributed by atoms with Crippen LogP contribution in [0.1, 0.15) is 21.9 Å². The molecular formula is C14H21N7O. The van der Waals surface area contributed by atoms with Crippen LogP contribution in [-0.4, -0.2) is 40.5 Å². The van der Waals surface area contributed by atoms with Gasteiger partial charge >= 0.3 is 0 Å². The quantitative estimate of drug-likeness (QED) is 0.414. The minimum Gasteiger partial charge on any atom is -0.382 e. The van der Waals surface area contributed by atoms with Crippen molar-refractivity contribution in [1.29, 1.82) is 0 Å². The van der Waals surface area contributed by atoms with E-state index in [2.05, 4.69) is 25.6 Å². The summed E-state index contributed by atoms with van der Waals surface area (Å²) in [4.78, 5) is 23.2. The minimum absolute atomic E-state index is 0.209. The summed E-state index contributed by atoms with van der Waals surface area (Å²) in [5.74, 6) is 0.249. The Hall–Kier alpha value is -2.45. The summed E-state index contributed by atoms with van der Waals surface area (Å²) in [5, 5.41) is 5.96. The second kappa shape index (κ2) is 8.11. The number of hydrogen-bond acceptors (Lipinski definition) is 6. The van der Waals surface area contributed by atoms with Crippen molar-refractivity contribution >= 4 is 11.7 Å². The van der Waals surface area contributed by atoms with Gasteiger partial charge in [0.2, 0.25) is 0 Å². The van der Waals surface area contributed by atoms with Crippen molar-refractivity contribution in [2.45, 2.75) is 13.0 Å². The fourth-order valence-electron chi connectivity index (χ4n) is 1.95. The zero-order valence-electron chi connectivity index (χ0n) is 12.3. The zero-order valence-corrected chi connectivity index (χ0v) is 12.3. The normalized spacial score (nSPS) is 10.6. The van der Waals surface area contributed by atoms with Gasteiger partial charge in [0.25, 0.3) is 5.91 Å². The number of aromatic nitrogens is 3. The Morgan fingerprint density at radius 1 is 1.32 bits per heavy atom. The number of nitrogen functional groups attached to an aromatic ring is 1. The molecule has 0 spiro atoms. The molecule has 0 aliphatic carbocycles. The standard InChI is InChI=1S/C14H21N7O/c15-5-7-17-8-10-2-1-3-12(21-10)14(22)18-6-4-11-13(16)20-9-19-11/h1-3,9,17H,4-8,15-16H2,(H,18,22)(H,19,20). The van der Waals surface area contributed by atoms with E-state index in [1.165, 1.54) is 6.33 Å². The number of carbonyl (C=O) groups excluding carboxylic acids is 1. The highest BCUT2D eigenvalue weighted by molar-refractivity contribution is 5.92. The summed E-state index contributed by atoms with van der Waals surface area (Å²) in [6, 6.07) is 5.37. The van der Waals surface area contributed by atoms with Gasteiger partial charge in [-0.15, -0.1) is 0 Å². The number of nitrogens with two attached hydrogens (primary N) is 2. The molecule has 2 rings (SSSR count). The Morgan fingerprint density at radius 2 is 2.18 bits per heavy atom. The highest BCUT2D eigenvalue weighted by Crippen LogP contribution is 2.04. The van der Waals surface area contributed by atoms with E-state index in [4.69, 9.17) is 11.5 Å². The van der Waals surface area contributed by atoms with Crippen LogP contribution in [0.15, 0.2) is 24.5 Å². The van der Waals surface area contributed by atoms with Gasteiger partial charge in [-0.2, -0.15) is 0 Å². The van der Waals surface area contributed by atoms with Crippen LogP contribution in [0, 0.1) is 0 Å². The molecule has 0 bridgehead atoms. The molecule has 0 unspecified atom stereocenters. The number of pyridine rings is 1.